The van der Waals surface area contributed by atoms with E-state index in [0.29, 0.717) is 16.6 Å². The summed E-state index contributed by atoms with van der Waals surface area (Å²) in [7, 11) is 0. The molecule has 1 N–H and O–H groups in total. The van der Waals surface area contributed by atoms with E-state index in [1.807, 2.05) is 6.92 Å². The van der Waals surface area contributed by atoms with Crippen LogP contribution >= 0.6 is 15.9 Å². The van der Waals surface area contributed by atoms with Gasteiger partial charge >= 0.3 is 0 Å². The molecule has 88 valence electrons. The van der Waals surface area contributed by atoms with Crippen LogP contribution in [0.15, 0.2) is 22.7 Å². The van der Waals surface area contributed by atoms with Gasteiger partial charge in [0.05, 0.1) is 10.6 Å². The van der Waals surface area contributed by atoms with E-state index in [9.17, 15) is 9.50 Å². The maximum Gasteiger partial charge on any atom is 0.143 e. The molecule has 0 aromatic heterocycles. The fourth-order valence-electron chi connectivity index (χ4n) is 2.05. The summed E-state index contributed by atoms with van der Waals surface area (Å²) in [5, 5.41) is 10.1. The predicted octanol–water partition coefficient (Wildman–Crippen LogP) is 3.05. The van der Waals surface area contributed by atoms with Crippen LogP contribution in [0.3, 0.4) is 0 Å². The molecule has 0 bridgehead atoms. The van der Waals surface area contributed by atoms with Crippen LogP contribution in [0.2, 0.25) is 0 Å². The van der Waals surface area contributed by atoms with Gasteiger partial charge in [0.25, 0.3) is 0 Å². The summed E-state index contributed by atoms with van der Waals surface area (Å²) >= 11 is 3.11. The third kappa shape index (κ3) is 2.14. The van der Waals surface area contributed by atoms with Crippen LogP contribution in [0.4, 0.5) is 4.39 Å². The Bertz CT molecular complexity index is 383. The summed E-state index contributed by atoms with van der Waals surface area (Å²) in [6.45, 7) is 2.65. The maximum atomic E-state index is 13.8. The highest BCUT2D eigenvalue weighted by molar-refractivity contribution is 9.10. The lowest BCUT2D eigenvalue weighted by Gasteiger charge is -2.22. The van der Waals surface area contributed by atoms with Crippen molar-refractivity contribution in [2.24, 2.45) is 5.92 Å². The first kappa shape index (κ1) is 12.0. The Morgan fingerprint density at radius 1 is 1.56 bits per heavy atom. The van der Waals surface area contributed by atoms with Crippen LogP contribution in [0.5, 0.6) is 0 Å². The van der Waals surface area contributed by atoms with Crippen LogP contribution in [-0.2, 0) is 4.74 Å². The fraction of sp³-hybridized carbons (Fsp3) is 0.500. The molecule has 3 atom stereocenters. The lowest BCUT2D eigenvalue weighted by molar-refractivity contribution is -0.0194. The van der Waals surface area contributed by atoms with E-state index in [1.165, 1.54) is 0 Å². The minimum atomic E-state index is -0.894. The van der Waals surface area contributed by atoms with Crippen LogP contribution in [-0.4, -0.2) is 17.8 Å². The number of halogens is 2. The molecule has 2 rings (SSSR count). The van der Waals surface area contributed by atoms with E-state index in [-0.39, 0.29) is 12.0 Å². The SMILES string of the molecule is CC1CCOC1C(O)c1cccc(Br)c1F. The zero-order chi connectivity index (χ0) is 11.7. The molecule has 0 saturated carbocycles. The van der Waals surface area contributed by atoms with E-state index in [0.717, 1.165) is 6.42 Å². The van der Waals surface area contributed by atoms with E-state index in [2.05, 4.69) is 15.9 Å². The largest absolute Gasteiger partial charge is 0.386 e. The number of rotatable bonds is 2. The second-order valence-corrected chi connectivity index (χ2v) is 5.04. The average molecular weight is 289 g/mol. The zero-order valence-electron chi connectivity index (χ0n) is 8.99. The van der Waals surface area contributed by atoms with Gasteiger partial charge in [-0.1, -0.05) is 19.1 Å². The summed E-state index contributed by atoms with van der Waals surface area (Å²) in [6.07, 6.45) is -0.282. The highest BCUT2D eigenvalue weighted by Gasteiger charge is 2.33. The van der Waals surface area contributed by atoms with Gasteiger partial charge in [-0.05, 0) is 34.3 Å². The van der Waals surface area contributed by atoms with Gasteiger partial charge in [-0.3, -0.25) is 0 Å². The molecule has 0 radical (unpaired) electrons. The van der Waals surface area contributed by atoms with E-state index in [4.69, 9.17) is 4.74 Å². The molecule has 16 heavy (non-hydrogen) atoms. The Morgan fingerprint density at radius 2 is 2.31 bits per heavy atom. The standard InChI is InChI=1S/C12H14BrFO2/c1-7-5-6-16-12(7)11(15)8-3-2-4-9(13)10(8)14/h2-4,7,11-12,15H,5-6H2,1H3. The summed E-state index contributed by atoms with van der Waals surface area (Å²) in [5.41, 5.74) is 0.299. The third-order valence-electron chi connectivity index (χ3n) is 3.06. The van der Waals surface area contributed by atoms with Crippen molar-refractivity contribution >= 4 is 15.9 Å². The summed E-state index contributed by atoms with van der Waals surface area (Å²) < 4.78 is 19.6. The van der Waals surface area contributed by atoms with Crippen LogP contribution in [0, 0.1) is 11.7 Å². The van der Waals surface area contributed by atoms with Crippen molar-refractivity contribution < 1.29 is 14.2 Å². The van der Waals surface area contributed by atoms with Gasteiger partial charge in [-0.2, -0.15) is 0 Å². The van der Waals surface area contributed by atoms with Crippen LogP contribution < -0.4 is 0 Å². The smallest absolute Gasteiger partial charge is 0.143 e. The molecular formula is C12H14BrFO2. The number of benzene rings is 1. The molecule has 0 spiro atoms. The lowest BCUT2D eigenvalue weighted by Crippen LogP contribution is -2.23. The van der Waals surface area contributed by atoms with Crippen molar-refractivity contribution in [2.45, 2.75) is 25.6 Å². The van der Waals surface area contributed by atoms with Gasteiger partial charge in [0.2, 0.25) is 0 Å². The molecule has 1 aliphatic rings. The summed E-state index contributed by atoms with van der Waals surface area (Å²) in [5.74, 6) is -0.147. The van der Waals surface area contributed by atoms with Crippen molar-refractivity contribution in [3.8, 4) is 0 Å². The molecule has 1 heterocycles. The first-order chi connectivity index (χ1) is 7.61. The highest BCUT2D eigenvalue weighted by Crippen LogP contribution is 2.33. The van der Waals surface area contributed by atoms with Crippen molar-refractivity contribution in [2.75, 3.05) is 6.61 Å². The van der Waals surface area contributed by atoms with Crippen molar-refractivity contribution in [3.63, 3.8) is 0 Å². The summed E-state index contributed by atoms with van der Waals surface area (Å²) in [6, 6.07) is 4.93. The monoisotopic (exact) mass is 288 g/mol. The molecule has 1 aliphatic heterocycles. The van der Waals surface area contributed by atoms with E-state index >= 15 is 0 Å². The third-order valence-corrected chi connectivity index (χ3v) is 3.67. The second-order valence-electron chi connectivity index (χ2n) is 4.19. The Morgan fingerprint density at radius 3 is 2.94 bits per heavy atom. The molecule has 1 saturated heterocycles. The maximum absolute atomic E-state index is 13.8. The zero-order valence-corrected chi connectivity index (χ0v) is 10.6. The molecule has 1 aromatic carbocycles. The normalized spacial score (nSPS) is 27.0. The molecule has 0 amide bonds. The van der Waals surface area contributed by atoms with Gasteiger partial charge in [0.15, 0.2) is 0 Å². The van der Waals surface area contributed by atoms with Crippen LogP contribution in [0.1, 0.15) is 25.0 Å². The number of hydrogen-bond acceptors (Lipinski definition) is 2. The first-order valence-corrected chi connectivity index (χ1v) is 6.14. The molecule has 2 nitrogen and oxygen atoms in total. The number of ether oxygens (including phenoxy) is 1. The Kier molecular flexibility index (Phi) is 3.62. The number of aliphatic hydroxyl groups is 1. The molecule has 1 fully saturated rings. The van der Waals surface area contributed by atoms with E-state index in [1.54, 1.807) is 18.2 Å². The quantitative estimate of drug-likeness (QED) is 0.906. The van der Waals surface area contributed by atoms with E-state index < -0.39 is 11.9 Å². The topological polar surface area (TPSA) is 29.5 Å². The predicted molar refractivity (Wildman–Crippen MR) is 62.6 cm³/mol. The minimum Gasteiger partial charge on any atom is -0.386 e. The Labute approximate surface area is 103 Å². The van der Waals surface area contributed by atoms with Gasteiger partial charge in [0, 0.05) is 12.2 Å². The first-order valence-electron chi connectivity index (χ1n) is 5.35. The average Bonchev–Trinajstić information content (AvgIpc) is 2.68. The molecule has 3 unspecified atom stereocenters. The summed E-state index contributed by atoms with van der Waals surface area (Å²) in [4.78, 5) is 0. The number of aliphatic hydroxyl groups excluding tert-OH is 1. The number of hydrogen-bond donors (Lipinski definition) is 1. The Hall–Kier alpha value is -0.450. The van der Waals surface area contributed by atoms with Gasteiger partial charge in [-0.15, -0.1) is 0 Å². The minimum absolute atomic E-state index is 0.258. The molecular weight excluding hydrogens is 275 g/mol. The van der Waals surface area contributed by atoms with Crippen molar-refractivity contribution in [1.29, 1.82) is 0 Å². The Balaban J connectivity index is 2.26. The molecule has 0 aliphatic carbocycles. The fourth-order valence-corrected chi connectivity index (χ4v) is 2.43. The van der Waals surface area contributed by atoms with Gasteiger partial charge < -0.3 is 9.84 Å². The van der Waals surface area contributed by atoms with Gasteiger partial charge in [0.1, 0.15) is 11.9 Å². The van der Waals surface area contributed by atoms with Crippen LogP contribution in [0.25, 0.3) is 0 Å². The van der Waals surface area contributed by atoms with Crippen molar-refractivity contribution in [1.82, 2.24) is 0 Å². The molecule has 4 heteroatoms. The lowest BCUT2D eigenvalue weighted by atomic mass is 9.94. The van der Waals surface area contributed by atoms with Crippen molar-refractivity contribution in [3.05, 3.63) is 34.1 Å². The molecule has 1 aromatic rings. The second kappa shape index (κ2) is 4.82. The van der Waals surface area contributed by atoms with Gasteiger partial charge in [-0.25, -0.2) is 4.39 Å². The highest BCUT2D eigenvalue weighted by atomic mass is 79.9.